The zero-order valence-electron chi connectivity index (χ0n) is 17.6. The van der Waals surface area contributed by atoms with Crippen LogP contribution in [-0.2, 0) is 10.0 Å². The molecule has 2 atom stereocenters. The van der Waals surface area contributed by atoms with Crippen LogP contribution in [0.3, 0.4) is 0 Å². The van der Waals surface area contributed by atoms with Crippen LogP contribution < -0.4 is 0 Å². The van der Waals surface area contributed by atoms with Crippen LogP contribution in [0.2, 0.25) is 0 Å². The summed E-state index contributed by atoms with van der Waals surface area (Å²) < 4.78 is 29.1. The summed E-state index contributed by atoms with van der Waals surface area (Å²) >= 11 is 0. The molecule has 0 amide bonds. The lowest BCUT2D eigenvalue weighted by atomic mass is 9.94. The third kappa shape index (κ3) is 3.99. The van der Waals surface area contributed by atoms with Gasteiger partial charge in [-0.3, -0.25) is 4.79 Å². The highest BCUT2D eigenvalue weighted by atomic mass is 32.2. The molecule has 3 aromatic rings. The molecule has 1 aliphatic rings. The second-order valence-corrected chi connectivity index (χ2v) is 9.60. The molecule has 0 N–H and O–H groups in total. The first-order chi connectivity index (χ1) is 14.9. The monoisotopic (exact) mass is 431 g/mol. The number of rotatable bonds is 6. The van der Waals surface area contributed by atoms with Crippen molar-refractivity contribution in [3.8, 4) is 0 Å². The minimum atomic E-state index is -3.83. The Kier molecular flexibility index (Phi) is 5.90. The van der Waals surface area contributed by atoms with E-state index in [1.165, 1.54) is 4.31 Å². The van der Waals surface area contributed by atoms with Crippen LogP contribution in [0.5, 0.6) is 0 Å². The molecule has 0 fully saturated rings. The van der Waals surface area contributed by atoms with Crippen LogP contribution in [0.1, 0.15) is 40.9 Å². The standard InChI is InChI=1S/C26H25NO3S/c1-3-22-18-24(26(28)21-12-8-5-9-13-21)25(20-10-6-4-7-11-20)27(22)31(29,30)23-16-14-19(2)15-17-23/h4-18,22,25H,3H2,1-2H3/t22-,25+/m1/s1. The molecule has 0 radical (unpaired) electrons. The molecule has 3 aromatic carbocycles. The molecule has 0 saturated carbocycles. The molecular formula is C26H25NO3S. The summed E-state index contributed by atoms with van der Waals surface area (Å²) in [6.07, 6.45) is 2.40. The number of Topliss-reactive ketones (excluding diaryl/α,β-unsaturated/α-hetero) is 1. The molecule has 158 valence electrons. The van der Waals surface area contributed by atoms with Gasteiger partial charge in [0.05, 0.1) is 10.9 Å². The Hall–Kier alpha value is -3.02. The highest BCUT2D eigenvalue weighted by Crippen LogP contribution is 2.43. The first kappa shape index (κ1) is 21.2. The number of hydrogen-bond donors (Lipinski definition) is 0. The first-order valence-corrected chi connectivity index (χ1v) is 11.8. The van der Waals surface area contributed by atoms with Gasteiger partial charge in [0.2, 0.25) is 10.0 Å². The Morgan fingerprint density at radius 2 is 1.45 bits per heavy atom. The second-order valence-electron chi connectivity index (χ2n) is 7.75. The van der Waals surface area contributed by atoms with Crippen molar-refractivity contribution < 1.29 is 13.2 Å². The number of carbonyl (C=O) groups is 1. The normalized spacial score (nSPS) is 19.2. The summed E-state index contributed by atoms with van der Waals surface area (Å²) in [5, 5.41) is 0. The molecule has 1 heterocycles. The molecule has 4 rings (SSSR count). The molecule has 31 heavy (non-hydrogen) atoms. The Labute approximate surface area is 183 Å². The van der Waals surface area contributed by atoms with Gasteiger partial charge in [-0.2, -0.15) is 4.31 Å². The van der Waals surface area contributed by atoms with E-state index in [4.69, 9.17) is 0 Å². The summed E-state index contributed by atoms with van der Waals surface area (Å²) in [6.45, 7) is 3.86. The summed E-state index contributed by atoms with van der Waals surface area (Å²) in [5.74, 6) is -0.144. The molecule has 0 unspecified atom stereocenters. The summed E-state index contributed by atoms with van der Waals surface area (Å²) in [7, 11) is -3.83. The maximum Gasteiger partial charge on any atom is 0.244 e. The molecule has 0 saturated heterocycles. The van der Waals surface area contributed by atoms with Gasteiger partial charge in [0.15, 0.2) is 5.78 Å². The topological polar surface area (TPSA) is 54.5 Å². The van der Waals surface area contributed by atoms with Gasteiger partial charge in [-0.1, -0.05) is 91.4 Å². The van der Waals surface area contributed by atoms with Gasteiger partial charge in [-0.25, -0.2) is 8.42 Å². The van der Waals surface area contributed by atoms with Gasteiger partial charge in [0.1, 0.15) is 0 Å². The SMILES string of the molecule is CC[C@@H]1C=C(C(=O)c2ccccc2)[C@H](c2ccccc2)N1S(=O)(=O)c1ccc(C)cc1. The van der Waals surface area contributed by atoms with Crippen molar-refractivity contribution >= 4 is 15.8 Å². The average Bonchev–Trinajstić information content (AvgIpc) is 3.21. The molecule has 4 nitrogen and oxygen atoms in total. The zero-order chi connectivity index (χ0) is 22.0. The van der Waals surface area contributed by atoms with Gasteiger partial charge in [-0.05, 0) is 31.0 Å². The lowest BCUT2D eigenvalue weighted by molar-refractivity contribution is 0.102. The number of nitrogens with zero attached hydrogens (tertiary/aromatic N) is 1. The summed E-state index contributed by atoms with van der Waals surface area (Å²) in [6, 6.07) is 24.2. The van der Waals surface area contributed by atoms with Crippen LogP contribution in [0, 0.1) is 6.92 Å². The smallest absolute Gasteiger partial charge is 0.244 e. The fraction of sp³-hybridized carbons (Fsp3) is 0.192. The van der Waals surface area contributed by atoms with Gasteiger partial charge in [-0.15, -0.1) is 0 Å². The minimum absolute atomic E-state index is 0.144. The Bertz CT molecular complexity index is 1200. The lowest BCUT2D eigenvalue weighted by Crippen LogP contribution is -2.38. The van der Waals surface area contributed by atoms with Crippen molar-refractivity contribution in [1.29, 1.82) is 0 Å². The highest BCUT2D eigenvalue weighted by molar-refractivity contribution is 7.89. The van der Waals surface area contributed by atoms with E-state index in [1.807, 2.05) is 68.5 Å². The van der Waals surface area contributed by atoms with E-state index in [0.717, 1.165) is 11.1 Å². The van der Waals surface area contributed by atoms with Crippen LogP contribution in [-0.4, -0.2) is 24.5 Å². The molecule has 5 heteroatoms. The molecular weight excluding hydrogens is 406 g/mol. The van der Waals surface area contributed by atoms with Crippen molar-refractivity contribution in [2.75, 3.05) is 0 Å². The molecule has 1 aliphatic heterocycles. The van der Waals surface area contributed by atoms with Crippen molar-refractivity contribution in [2.45, 2.75) is 37.2 Å². The molecule has 0 aromatic heterocycles. The van der Waals surface area contributed by atoms with Crippen molar-refractivity contribution in [1.82, 2.24) is 4.31 Å². The number of ketones is 1. The number of carbonyl (C=O) groups excluding carboxylic acids is 1. The second kappa shape index (κ2) is 8.61. The van der Waals surface area contributed by atoms with Crippen molar-refractivity contribution in [3.05, 3.63) is 113 Å². The summed E-state index contributed by atoms with van der Waals surface area (Å²) in [4.78, 5) is 13.7. The third-order valence-electron chi connectivity index (χ3n) is 5.68. The summed E-state index contributed by atoms with van der Waals surface area (Å²) in [5.41, 5.74) is 2.83. The molecule has 0 spiro atoms. The quantitative estimate of drug-likeness (QED) is 0.496. The fourth-order valence-electron chi connectivity index (χ4n) is 4.07. The first-order valence-electron chi connectivity index (χ1n) is 10.4. The van der Waals surface area contributed by atoms with Gasteiger partial charge >= 0.3 is 0 Å². The maximum atomic E-state index is 13.8. The number of benzene rings is 3. The third-order valence-corrected chi connectivity index (χ3v) is 7.58. The van der Waals surface area contributed by atoms with E-state index >= 15 is 0 Å². The van der Waals surface area contributed by atoms with E-state index in [-0.39, 0.29) is 10.7 Å². The average molecular weight is 432 g/mol. The van der Waals surface area contributed by atoms with Crippen LogP contribution in [0.4, 0.5) is 0 Å². The number of hydrogen-bond acceptors (Lipinski definition) is 3. The van der Waals surface area contributed by atoms with E-state index in [9.17, 15) is 13.2 Å². The largest absolute Gasteiger partial charge is 0.289 e. The van der Waals surface area contributed by atoms with Gasteiger partial charge in [0.25, 0.3) is 0 Å². The van der Waals surface area contributed by atoms with Crippen LogP contribution >= 0.6 is 0 Å². The Balaban J connectivity index is 1.86. The van der Waals surface area contributed by atoms with Gasteiger partial charge < -0.3 is 0 Å². The van der Waals surface area contributed by atoms with E-state index in [0.29, 0.717) is 17.6 Å². The van der Waals surface area contributed by atoms with E-state index < -0.39 is 22.1 Å². The van der Waals surface area contributed by atoms with Crippen molar-refractivity contribution in [2.24, 2.45) is 0 Å². The predicted molar refractivity (Wildman–Crippen MR) is 122 cm³/mol. The van der Waals surface area contributed by atoms with E-state index in [1.54, 1.807) is 36.4 Å². The highest BCUT2D eigenvalue weighted by Gasteiger charge is 2.45. The van der Waals surface area contributed by atoms with E-state index in [2.05, 4.69) is 0 Å². The molecule has 0 bridgehead atoms. The van der Waals surface area contributed by atoms with Crippen molar-refractivity contribution in [3.63, 3.8) is 0 Å². The Morgan fingerprint density at radius 3 is 2.03 bits per heavy atom. The maximum absolute atomic E-state index is 13.8. The fourth-order valence-corrected chi connectivity index (χ4v) is 5.87. The number of aryl methyl sites for hydroxylation is 1. The predicted octanol–water partition coefficient (Wildman–Crippen LogP) is 5.33. The minimum Gasteiger partial charge on any atom is -0.289 e. The zero-order valence-corrected chi connectivity index (χ0v) is 18.4. The van der Waals surface area contributed by atoms with Gasteiger partial charge in [0, 0.05) is 17.2 Å². The number of sulfonamides is 1. The van der Waals surface area contributed by atoms with Crippen LogP contribution in [0.25, 0.3) is 0 Å². The molecule has 0 aliphatic carbocycles. The Morgan fingerprint density at radius 1 is 0.871 bits per heavy atom. The van der Waals surface area contributed by atoms with Crippen LogP contribution in [0.15, 0.2) is 101 Å². The lowest BCUT2D eigenvalue weighted by Gasteiger charge is -2.31.